The highest BCUT2D eigenvalue weighted by atomic mass is 19.2. The predicted molar refractivity (Wildman–Crippen MR) is 64.1 cm³/mol. The molecule has 3 rings (SSSR count). The van der Waals surface area contributed by atoms with E-state index in [0.717, 1.165) is 25.0 Å². The van der Waals surface area contributed by atoms with Crippen LogP contribution in [0.5, 0.6) is 0 Å². The Morgan fingerprint density at radius 1 is 1.21 bits per heavy atom. The van der Waals surface area contributed by atoms with Crippen LogP contribution in [-0.4, -0.2) is 30.8 Å². The van der Waals surface area contributed by atoms with E-state index in [9.17, 15) is 18.4 Å². The number of carbonyl (C=O) groups excluding carboxylic acids is 2. The minimum absolute atomic E-state index is 0.0599. The summed E-state index contributed by atoms with van der Waals surface area (Å²) >= 11 is 0. The van der Waals surface area contributed by atoms with Gasteiger partial charge in [0, 0.05) is 25.2 Å². The van der Waals surface area contributed by atoms with Gasteiger partial charge in [0.2, 0.25) is 0 Å². The average molecular weight is 266 g/mol. The molecule has 19 heavy (non-hydrogen) atoms. The zero-order chi connectivity index (χ0) is 13.6. The van der Waals surface area contributed by atoms with Gasteiger partial charge in [-0.3, -0.25) is 9.59 Å². The molecule has 1 heterocycles. The van der Waals surface area contributed by atoms with Crippen LogP contribution in [0.4, 0.5) is 14.5 Å². The molecule has 0 bridgehead atoms. The summed E-state index contributed by atoms with van der Waals surface area (Å²) in [6.45, 7) is 0.807. The first-order valence-corrected chi connectivity index (χ1v) is 6.16. The summed E-state index contributed by atoms with van der Waals surface area (Å²) < 4.78 is 26.3. The van der Waals surface area contributed by atoms with Crippen molar-refractivity contribution in [2.75, 3.05) is 18.0 Å². The Bertz CT molecular complexity index is 570. The van der Waals surface area contributed by atoms with Crippen LogP contribution >= 0.6 is 0 Å². The van der Waals surface area contributed by atoms with Crippen molar-refractivity contribution < 1.29 is 18.4 Å². The molecule has 6 heteroatoms. The number of rotatable bonds is 4. The Kier molecular flexibility index (Phi) is 2.82. The summed E-state index contributed by atoms with van der Waals surface area (Å²) in [6, 6.07) is 2.18. The zero-order valence-corrected chi connectivity index (χ0v) is 10.1. The number of Topliss-reactive ketones (excluding diaryl/α,β-unsaturated/α-hetero) is 1. The number of hydrogen-bond acceptors (Lipinski definition) is 3. The summed E-state index contributed by atoms with van der Waals surface area (Å²) in [4.78, 5) is 24.7. The SMILES string of the molecule is O=C1C(=O)N(CCNC2CC2)c2cc(F)c(F)cc21. The first kappa shape index (κ1) is 12.2. The molecule has 1 aromatic carbocycles. The lowest BCUT2D eigenvalue weighted by Crippen LogP contribution is -2.36. The quantitative estimate of drug-likeness (QED) is 0.834. The van der Waals surface area contributed by atoms with Crippen molar-refractivity contribution >= 4 is 17.4 Å². The molecule has 4 nitrogen and oxygen atoms in total. The zero-order valence-electron chi connectivity index (χ0n) is 10.1. The highest BCUT2D eigenvalue weighted by Crippen LogP contribution is 2.30. The Morgan fingerprint density at radius 2 is 1.89 bits per heavy atom. The number of halogens is 2. The summed E-state index contributed by atoms with van der Waals surface area (Å²) in [6.07, 6.45) is 2.23. The van der Waals surface area contributed by atoms with Crippen LogP contribution in [0.25, 0.3) is 0 Å². The minimum atomic E-state index is -1.11. The van der Waals surface area contributed by atoms with Crippen molar-refractivity contribution in [1.29, 1.82) is 0 Å². The summed E-state index contributed by atoms with van der Waals surface area (Å²) in [5.41, 5.74) is 0.0989. The maximum absolute atomic E-state index is 13.2. The number of hydrogen-bond donors (Lipinski definition) is 1. The maximum Gasteiger partial charge on any atom is 0.299 e. The molecule has 0 unspecified atom stereocenters. The number of nitrogens with one attached hydrogen (secondary N) is 1. The highest BCUT2D eigenvalue weighted by molar-refractivity contribution is 6.52. The van der Waals surface area contributed by atoms with E-state index in [4.69, 9.17) is 0 Å². The largest absolute Gasteiger partial charge is 0.312 e. The molecular formula is C13H12F2N2O2. The number of carbonyl (C=O) groups is 2. The van der Waals surface area contributed by atoms with Crippen molar-refractivity contribution in [2.24, 2.45) is 0 Å². The average Bonchev–Trinajstić information content (AvgIpc) is 3.17. The van der Waals surface area contributed by atoms with Crippen molar-refractivity contribution in [3.05, 3.63) is 29.3 Å². The van der Waals surface area contributed by atoms with Crippen molar-refractivity contribution in [1.82, 2.24) is 5.32 Å². The Balaban J connectivity index is 1.83. The molecule has 1 aliphatic heterocycles. The number of nitrogens with zero attached hydrogens (tertiary/aromatic N) is 1. The van der Waals surface area contributed by atoms with E-state index in [0.29, 0.717) is 12.6 Å². The lowest BCUT2D eigenvalue weighted by atomic mass is 10.1. The number of benzene rings is 1. The number of ketones is 1. The van der Waals surface area contributed by atoms with Crippen LogP contribution in [0.1, 0.15) is 23.2 Å². The molecule has 1 aromatic rings. The van der Waals surface area contributed by atoms with E-state index in [1.54, 1.807) is 0 Å². The van der Waals surface area contributed by atoms with E-state index in [-0.39, 0.29) is 17.8 Å². The van der Waals surface area contributed by atoms with Crippen LogP contribution in [0.2, 0.25) is 0 Å². The van der Waals surface area contributed by atoms with E-state index < -0.39 is 23.3 Å². The fourth-order valence-corrected chi connectivity index (χ4v) is 2.18. The lowest BCUT2D eigenvalue weighted by molar-refractivity contribution is -0.114. The minimum Gasteiger partial charge on any atom is -0.312 e. The second-order valence-corrected chi connectivity index (χ2v) is 4.80. The summed E-state index contributed by atoms with van der Waals surface area (Å²) in [5, 5.41) is 3.20. The third kappa shape index (κ3) is 2.12. The molecule has 0 aromatic heterocycles. The molecule has 0 atom stereocenters. The molecule has 1 saturated carbocycles. The van der Waals surface area contributed by atoms with Gasteiger partial charge in [0.25, 0.3) is 11.7 Å². The van der Waals surface area contributed by atoms with Gasteiger partial charge < -0.3 is 10.2 Å². The molecule has 0 radical (unpaired) electrons. The Hall–Kier alpha value is -1.82. The Labute approximate surface area is 108 Å². The third-order valence-corrected chi connectivity index (χ3v) is 3.36. The van der Waals surface area contributed by atoms with Gasteiger partial charge in [-0.2, -0.15) is 0 Å². The fourth-order valence-electron chi connectivity index (χ4n) is 2.18. The smallest absolute Gasteiger partial charge is 0.299 e. The van der Waals surface area contributed by atoms with Crippen molar-refractivity contribution in [3.63, 3.8) is 0 Å². The Morgan fingerprint density at radius 3 is 2.58 bits per heavy atom. The van der Waals surface area contributed by atoms with Crippen LogP contribution in [0, 0.1) is 11.6 Å². The number of anilines is 1. The van der Waals surface area contributed by atoms with Crippen molar-refractivity contribution in [3.8, 4) is 0 Å². The molecule has 1 fully saturated rings. The summed E-state index contributed by atoms with van der Waals surface area (Å²) in [5.74, 6) is -3.67. The van der Waals surface area contributed by atoms with E-state index >= 15 is 0 Å². The van der Waals surface area contributed by atoms with E-state index in [1.807, 2.05) is 0 Å². The van der Waals surface area contributed by atoms with Gasteiger partial charge in [-0.25, -0.2) is 8.78 Å². The number of amides is 1. The topological polar surface area (TPSA) is 49.4 Å². The monoisotopic (exact) mass is 266 g/mol. The molecule has 100 valence electrons. The van der Waals surface area contributed by atoms with Crippen molar-refractivity contribution in [2.45, 2.75) is 18.9 Å². The van der Waals surface area contributed by atoms with Gasteiger partial charge in [0.1, 0.15) is 0 Å². The van der Waals surface area contributed by atoms with Gasteiger partial charge in [-0.15, -0.1) is 0 Å². The second-order valence-electron chi connectivity index (χ2n) is 4.80. The molecule has 1 N–H and O–H groups in total. The van der Waals surface area contributed by atoms with Gasteiger partial charge >= 0.3 is 0 Å². The molecule has 2 aliphatic rings. The van der Waals surface area contributed by atoms with Crippen LogP contribution in [0.15, 0.2) is 12.1 Å². The van der Waals surface area contributed by atoms with E-state index in [2.05, 4.69) is 5.32 Å². The van der Waals surface area contributed by atoms with Crippen LogP contribution in [0.3, 0.4) is 0 Å². The first-order chi connectivity index (χ1) is 9.08. The van der Waals surface area contributed by atoms with Gasteiger partial charge in [-0.1, -0.05) is 0 Å². The molecule has 1 aliphatic carbocycles. The van der Waals surface area contributed by atoms with Gasteiger partial charge in [0.15, 0.2) is 11.6 Å². The number of fused-ring (bicyclic) bond motifs is 1. The molecule has 0 spiro atoms. The third-order valence-electron chi connectivity index (χ3n) is 3.36. The standard InChI is InChI=1S/C13H12F2N2O2/c14-9-5-8-11(6-10(9)15)17(13(19)12(8)18)4-3-16-7-1-2-7/h5-7,16H,1-4H2. The maximum atomic E-state index is 13.2. The highest BCUT2D eigenvalue weighted by Gasteiger charge is 2.36. The fraction of sp³-hybridized carbons (Fsp3) is 0.385. The first-order valence-electron chi connectivity index (χ1n) is 6.16. The van der Waals surface area contributed by atoms with Crippen LogP contribution < -0.4 is 10.2 Å². The molecule has 1 amide bonds. The van der Waals surface area contributed by atoms with Gasteiger partial charge in [-0.05, 0) is 18.9 Å². The predicted octanol–water partition coefficient (Wildman–Crippen LogP) is 1.25. The van der Waals surface area contributed by atoms with Gasteiger partial charge in [0.05, 0.1) is 11.3 Å². The lowest BCUT2D eigenvalue weighted by Gasteiger charge is -2.16. The molecule has 0 saturated heterocycles. The molecular weight excluding hydrogens is 254 g/mol. The second kappa shape index (κ2) is 4.38. The normalized spacial score (nSPS) is 18.1. The van der Waals surface area contributed by atoms with Crippen LogP contribution in [-0.2, 0) is 4.79 Å². The van der Waals surface area contributed by atoms with E-state index in [1.165, 1.54) is 4.90 Å². The summed E-state index contributed by atoms with van der Waals surface area (Å²) in [7, 11) is 0.